The summed E-state index contributed by atoms with van der Waals surface area (Å²) >= 11 is 1.53. The Balaban J connectivity index is 0.00000256. The first-order chi connectivity index (χ1) is 14.1. The van der Waals surface area contributed by atoms with Crippen molar-refractivity contribution in [3.05, 3.63) is 53.6 Å². The maximum absolute atomic E-state index is 13.4. The number of morpholine rings is 1. The molecule has 30 heavy (non-hydrogen) atoms. The molecule has 0 spiro atoms. The molecule has 1 aromatic heterocycles. The Bertz CT molecular complexity index is 1000. The van der Waals surface area contributed by atoms with Gasteiger partial charge in [-0.3, -0.25) is 14.6 Å². The van der Waals surface area contributed by atoms with Crippen LogP contribution in [0.4, 0.5) is 5.13 Å². The topological polar surface area (TPSA) is 54.9 Å². The van der Waals surface area contributed by atoms with Crippen LogP contribution in [0, 0.1) is 6.92 Å². The number of anilines is 1. The molecular weight excluding hydrogens is 422 g/mol. The normalized spacial score (nSPS) is 14.3. The molecule has 1 fully saturated rings. The van der Waals surface area contributed by atoms with Gasteiger partial charge in [0.05, 0.1) is 30.5 Å². The number of fused-ring (bicyclic) bond motifs is 1. The van der Waals surface area contributed by atoms with Crippen molar-refractivity contribution in [3.63, 3.8) is 0 Å². The van der Waals surface area contributed by atoms with Gasteiger partial charge >= 0.3 is 0 Å². The van der Waals surface area contributed by atoms with Crippen molar-refractivity contribution < 1.29 is 14.3 Å². The first-order valence-corrected chi connectivity index (χ1v) is 10.6. The van der Waals surface area contributed by atoms with Crippen LogP contribution < -0.4 is 9.64 Å². The Morgan fingerprint density at radius 1 is 1.23 bits per heavy atom. The van der Waals surface area contributed by atoms with Gasteiger partial charge in [0.15, 0.2) is 5.13 Å². The number of hydrogen-bond donors (Lipinski definition) is 0. The van der Waals surface area contributed by atoms with E-state index in [4.69, 9.17) is 14.5 Å². The van der Waals surface area contributed by atoms with E-state index >= 15 is 0 Å². The van der Waals surface area contributed by atoms with Gasteiger partial charge in [-0.1, -0.05) is 29.0 Å². The average molecular weight is 448 g/mol. The molecule has 4 rings (SSSR count). The van der Waals surface area contributed by atoms with Gasteiger partial charge in [0, 0.05) is 37.8 Å². The van der Waals surface area contributed by atoms with E-state index in [0.29, 0.717) is 17.2 Å². The summed E-state index contributed by atoms with van der Waals surface area (Å²) < 4.78 is 11.8. The standard InChI is InChI=1S/C22H25N3O3S.ClH/c1-16-4-3-5-17(14-16)21(26)25(9-8-24-10-12-28-13-11-24)22-23-19-15-18(27-2)6-7-20(19)29-22;/h3-7,14-15H,8-13H2,1-2H3;1H. The minimum Gasteiger partial charge on any atom is -0.497 e. The Hall–Kier alpha value is -2.19. The largest absolute Gasteiger partial charge is 0.497 e. The molecule has 3 aromatic rings. The van der Waals surface area contributed by atoms with E-state index in [0.717, 1.165) is 54.4 Å². The molecule has 0 unspecified atom stereocenters. The number of aromatic nitrogens is 1. The summed E-state index contributed by atoms with van der Waals surface area (Å²) in [5.74, 6) is 0.743. The van der Waals surface area contributed by atoms with Crippen LogP contribution in [0.2, 0.25) is 0 Å². The first kappa shape index (κ1) is 22.5. The van der Waals surface area contributed by atoms with E-state index in [1.807, 2.05) is 49.4 Å². The van der Waals surface area contributed by atoms with Gasteiger partial charge in [-0.25, -0.2) is 4.98 Å². The van der Waals surface area contributed by atoms with E-state index in [9.17, 15) is 4.79 Å². The highest BCUT2D eigenvalue weighted by Gasteiger charge is 2.23. The third-order valence-corrected chi connectivity index (χ3v) is 6.13. The Morgan fingerprint density at radius 2 is 2.03 bits per heavy atom. The van der Waals surface area contributed by atoms with Crippen LogP contribution in [0.1, 0.15) is 15.9 Å². The molecule has 0 radical (unpaired) electrons. The smallest absolute Gasteiger partial charge is 0.260 e. The lowest BCUT2D eigenvalue weighted by Crippen LogP contribution is -2.43. The van der Waals surface area contributed by atoms with Crippen LogP contribution in [0.15, 0.2) is 42.5 Å². The van der Waals surface area contributed by atoms with Crippen molar-refractivity contribution in [2.75, 3.05) is 51.4 Å². The number of hydrogen-bond acceptors (Lipinski definition) is 6. The van der Waals surface area contributed by atoms with Crippen molar-refractivity contribution >= 4 is 45.0 Å². The average Bonchev–Trinajstić information content (AvgIpc) is 3.17. The second-order valence-electron chi connectivity index (χ2n) is 7.11. The summed E-state index contributed by atoms with van der Waals surface area (Å²) in [5.41, 5.74) is 2.60. The van der Waals surface area contributed by atoms with Crippen molar-refractivity contribution in [3.8, 4) is 5.75 Å². The van der Waals surface area contributed by atoms with Crippen LogP contribution in [-0.4, -0.2) is 62.3 Å². The minimum atomic E-state index is -0.0204. The summed E-state index contributed by atoms with van der Waals surface area (Å²) in [6, 6.07) is 13.5. The summed E-state index contributed by atoms with van der Waals surface area (Å²) in [6.45, 7) is 6.65. The molecule has 2 heterocycles. The summed E-state index contributed by atoms with van der Waals surface area (Å²) in [5, 5.41) is 0.716. The molecule has 0 atom stereocenters. The molecule has 0 bridgehead atoms. The molecule has 6 nitrogen and oxygen atoms in total. The second kappa shape index (κ2) is 10.2. The zero-order valence-electron chi connectivity index (χ0n) is 17.2. The van der Waals surface area contributed by atoms with E-state index in [-0.39, 0.29) is 18.3 Å². The maximum atomic E-state index is 13.4. The number of benzene rings is 2. The number of aryl methyl sites for hydroxylation is 1. The number of halogens is 1. The molecule has 0 aliphatic carbocycles. The number of ether oxygens (including phenoxy) is 2. The molecule has 0 saturated carbocycles. The Kier molecular flexibility index (Phi) is 7.66. The number of carbonyl (C=O) groups is 1. The molecular formula is C22H26ClN3O3S. The van der Waals surface area contributed by atoms with Crippen LogP contribution in [0.5, 0.6) is 5.75 Å². The van der Waals surface area contributed by atoms with E-state index in [1.54, 1.807) is 12.0 Å². The molecule has 0 N–H and O–H groups in total. The van der Waals surface area contributed by atoms with E-state index in [2.05, 4.69) is 4.90 Å². The highest BCUT2D eigenvalue weighted by atomic mass is 35.5. The van der Waals surface area contributed by atoms with E-state index < -0.39 is 0 Å². The number of nitrogens with zero attached hydrogens (tertiary/aromatic N) is 3. The number of rotatable bonds is 6. The Labute approximate surface area is 186 Å². The van der Waals surface area contributed by atoms with Gasteiger partial charge in [0.2, 0.25) is 0 Å². The van der Waals surface area contributed by atoms with Gasteiger partial charge in [-0.15, -0.1) is 12.4 Å². The lowest BCUT2D eigenvalue weighted by atomic mass is 10.1. The molecule has 1 aliphatic rings. The van der Waals surface area contributed by atoms with Crippen LogP contribution in [0.3, 0.4) is 0 Å². The molecule has 1 saturated heterocycles. The quantitative estimate of drug-likeness (QED) is 0.571. The maximum Gasteiger partial charge on any atom is 0.260 e. The number of carbonyl (C=O) groups excluding carboxylic acids is 1. The van der Waals surface area contributed by atoms with Gasteiger partial charge in [-0.05, 0) is 31.2 Å². The fourth-order valence-electron chi connectivity index (χ4n) is 3.42. The van der Waals surface area contributed by atoms with Gasteiger partial charge in [-0.2, -0.15) is 0 Å². The Morgan fingerprint density at radius 3 is 2.77 bits per heavy atom. The van der Waals surface area contributed by atoms with Crippen molar-refractivity contribution in [2.24, 2.45) is 0 Å². The molecule has 1 aliphatic heterocycles. The number of thiazole rings is 1. The third kappa shape index (κ3) is 5.10. The lowest BCUT2D eigenvalue weighted by molar-refractivity contribution is 0.0391. The van der Waals surface area contributed by atoms with Crippen LogP contribution in [0.25, 0.3) is 10.2 Å². The second-order valence-corrected chi connectivity index (χ2v) is 8.12. The van der Waals surface area contributed by atoms with Crippen molar-refractivity contribution in [1.82, 2.24) is 9.88 Å². The monoisotopic (exact) mass is 447 g/mol. The highest BCUT2D eigenvalue weighted by Crippen LogP contribution is 2.32. The van der Waals surface area contributed by atoms with Gasteiger partial charge < -0.3 is 9.47 Å². The van der Waals surface area contributed by atoms with Crippen LogP contribution >= 0.6 is 23.7 Å². The SMILES string of the molecule is COc1ccc2sc(N(CCN3CCOCC3)C(=O)c3cccc(C)c3)nc2c1.Cl. The highest BCUT2D eigenvalue weighted by molar-refractivity contribution is 7.22. The van der Waals surface area contributed by atoms with Gasteiger partial charge in [0.25, 0.3) is 5.91 Å². The summed E-state index contributed by atoms with van der Waals surface area (Å²) in [6.07, 6.45) is 0. The summed E-state index contributed by atoms with van der Waals surface area (Å²) in [4.78, 5) is 22.3. The zero-order chi connectivity index (χ0) is 20.2. The third-order valence-electron chi connectivity index (χ3n) is 5.07. The lowest BCUT2D eigenvalue weighted by Gasteiger charge is -2.29. The molecule has 8 heteroatoms. The van der Waals surface area contributed by atoms with Gasteiger partial charge in [0.1, 0.15) is 5.75 Å². The molecule has 1 amide bonds. The number of amides is 1. The zero-order valence-corrected chi connectivity index (χ0v) is 18.8. The fourth-order valence-corrected chi connectivity index (χ4v) is 4.39. The minimum absolute atomic E-state index is 0. The number of methoxy groups -OCH3 is 1. The predicted octanol–water partition coefficient (Wildman–Crippen LogP) is 4.01. The molecule has 2 aromatic carbocycles. The van der Waals surface area contributed by atoms with Crippen LogP contribution in [-0.2, 0) is 4.74 Å². The van der Waals surface area contributed by atoms with E-state index in [1.165, 1.54) is 11.3 Å². The first-order valence-electron chi connectivity index (χ1n) is 9.77. The predicted molar refractivity (Wildman–Crippen MR) is 124 cm³/mol. The summed E-state index contributed by atoms with van der Waals surface area (Å²) in [7, 11) is 1.64. The van der Waals surface area contributed by atoms with Crippen molar-refractivity contribution in [2.45, 2.75) is 6.92 Å². The van der Waals surface area contributed by atoms with Crippen molar-refractivity contribution in [1.29, 1.82) is 0 Å². The molecule has 160 valence electrons. The fraction of sp³-hybridized carbons (Fsp3) is 0.364.